The lowest BCUT2D eigenvalue weighted by atomic mass is 9.89. The van der Waals surface area contributed by atoms with Crippen LogP contribution in [0.15, 0.2) is 21.2 Å². The summed E-state index contributed by atoms with van der Waals surface area (Å²) in [5.41, 5.74) is 0.614. The molecule has 142 valence electrons. The molecule has 3 atom stereocenters. The van der Waals surface area contributed by atoms with Crippen LogP contribution in [0.1, 0.15) is 44.3 Å². The number of hydrogen-bond donors (Lipinski definition) is 1. The van der Waals surface area contributed by atoms with Gasteiger partial charge in [-0.05, 0) is 54.5 Å². The molecule has 5 rings (SSSR count). The molecule has 3 aliphatic rings. The van der Waals surface area contributed by atoms with Crippen LogP contribution in [0.2, 0.25) is 0 Å². The average molecular weight is 433 g/mol. The number of nitrogens with zero attached hydrogens (tertiary/aromatic N) is 3. The number of aromatic nitrogens is 1. The van der Waals surface area contributed by atoms with Gasteiger partial charge in [0, 0.05) is 42.0 Å². The first-order valence-corrected chi connectivity index (χ1v) is 10.6. The van der Waals surface area contributed by atoms with Crippen LogP contribution in [-0.4, -0.2) is 40.7 Å². The molecule has 7 heteroatoms. The summed E-state index contributed by atoms with van der Waals surface area (Å²) in [6, 6.07) is 5.24. The summed E-state index contributed by atoms with van der Waals surface area (Å²) >= 11 is 3.61. The molecule has 0 radical (unpaired) electrons. The smallest absolute Gasteiger partial charge is 0.204 e. The van der Waals surface area contributed by atoms with Crippen molar-refractivity contribution in [2.24, 2.45) is 5.92 Å². The Balaban J connectivity index is 1.23. The van der Waals surface area contributed by atoms with Gasteiger partial charge in [-0.2, -0.15) is 5.26 Å². The molecule has 1 aliphatic heterocycles. The van der Waals surface area contributed by atoms with Gasteiger partial charge in [0.05, 0.1) is 10.7 Å². The predicted octanol–water partition coefficient (Wildman–Crippen LogP) is 4.62. The number of nitrogens with one attached hydrogen (secondary N) is 1. The van der Waals surface area contributed by atoms with Crippen molar-refractivity contribution in [1.82, 2.24) is 9.88 Å². The van der Waals surface area contributed by atoms with Crippen molar-refractivity contribution < 1.29 is 8.81 Å². The summed E-state index contributed by atoms with van der Waals surface area (Å²) in [5, 5.41) is 13.4. The number of halogens is 2. The Bertz CT molecular complexity index is 899. The van der Waals surface area contributed by atoms with Gasteiger partial charge in [0.1, 0.15) is 18.1 Å². The fourth-order valence-electron chi connectivity index (χ4n) is 5.25. The highest BCUT2D eigenvalue weighted by Gasteiger charge is 2.47. The van der Waals surface area contributed by atoms with Gasteiger partial charge in [0.15, 0.2) is 5.58 Å². The highest BCUT2D eigenvalue weighted by molar-refractivity contribution is 9.10. The van der Waals surface area contributed by atoms with Crippen LogP contribution in [0, 0.1) is 17.2 Å². The number of piperidine rings is 1. The number of hydrogen-bond acceptors (Lipinski definition) is 5. The van der Waals surface area contributed by atoms with Gasteiger partial charge in [-0.15, -0.1) is 0 Å². The largest absolute Gasteiger partial charge is 0.444 e. The van der Waals surface area contributed by atoms with Crippen LogP contribution in [-0.2, 0) is 0 Å². The molecule has 3 unspecified atom stereocenters. The van der Waals surface area contributed by atoms with Gasteiger partial charge < -0.3 is 9.73 Å². The molecule has 2 bridgehead atoms. The number of nitriles is 1. The van der Waals surface area contributed by atoms with Crippen LogP contribution in [0.3, 0.4) is 0 Å². The number of likely N-dealkylation sites (tertiary alicyclic amines) is 1. The van der Waals surface area contributed by atoms with E-state index in [9.17, 15) is 4.39 Å². The highest BCUT2D eigenvalue weighted by Crippen LogP contribution is 2.43. The maximum absolute atomic E-state index is 13.8. The Morgan fingerprint density at radius 1 is 1.26 bits per heavy atom. The zero-order valence-corrected chi connectivity index (χ0v) is 16.6. The van der Waals surface area contributed by atoms with Gasteiger partial charge in [0.2, 0.25) is 5.76 Å². The molecule has 1 N–H and O–H groups in total. The average Bonchev–Trinajstić information content (AvgIpc) is 3.38. The summed E-state index contributed by atoms with van der Waals surface area (Å²) < 4.78 is 20.0. The first-order valence-electron chi connectivity index (χ1n) is 9.77. The summed E-state index contributed by atoms with van der Waals surface area (Å²) in [6.07, 6.45) is 7.41. The first kappa shape index (κ1) is 17.4. The lowest BCUT2D eigenvalue weighted by molar-refractivity contribution is 0.0819. The van der Waals surface area contributed by atoms with E-state index in [1.54, 1.807) is 12.3 Å². The predicted molar refractivity (Wildman–Crippen MR) is 104 cm³/mol. The monoisotopic (exact) mass is 432 g/mol. The lowest BCUT2D eigenvalue weighted by Gasteiger charge is -2.40. The van der Waals surface area contributed by atoms with E-state index in [0.717, 1.165) is 60.7 Å². The van der Waals surface area contributed by atoms with Gasteiger partial charge in [-0.3, -0.25) is 4.90 Å². The van der Waals surface area contributed by atoms with E-state index in [-0.39, 0.29) is 5.92 Å². The van der Waals surface area contributed by atoms with E-state index in [4.69, 9.17) is 9.68 Å². The normalized spacial score (nSPS) is 33.4. The van der Waals surface area contributed by atoms with Gasteiger partial charge in [-0.25, -0.2) is 9.37 Å². The van der Waals surface area contributed by atoms with Crippen molar-refractivity contribution in [3.05, 3.63) is 22.5 Å². The quantitative estimate of drug-likeness (QED) is 0.766. The number of fused-ring (bicyclic) bond motifs is 3. The van der Waals surface area contributed by atoms with Crippen LogP contribution in [0.4, 0.5) is 10.2 Å². The Hall–Kier alpha value is -1.65. The molecule has 2 aromatic heterocycles. The summed E-state index contributed by atoms with van der Waals surface area (Å²) in [5.74, 6) is 1.38. The lowest BCUT2D eigenvalue weighted by Crippen LogP contribution is -2.46. The van der Waals surface area contributed by atoms with Crippen molar-refractivity contribution in [3.8, 4) is 6.07 Å². The van der Waals surface area contributed by atoms with E-state index in [1.165, 1.54) is 0 Å². The fourth-order valence-corrected chi connectivity index (χ4v) is 5.78. The van der Waals surface area contributed by atoms with Crippen LogP contribution in [0.5, 0.6) is 0 Å². The molecule has 3 fully saturated rings. The van der Waals surface area contributed by atoms with Crippen molar-refractivity contribution in [1.29, 1.82) is 5.26 Å². The topological polar surface area (TPSA) is 65.1 Å². The maximum atomic E-state index is 13.8. The first-order chi connectivity index (χ1) is 13.1. The molecule has 1 saturated heterocycles. The van der Waals surface area contributed by atoms with Crippen LogP contribution in [0.25, 0.3) is 11.0 Å². The molecule has 27 heavy (non-hydrogen) atoms. The number of pyridine rings is 1. The Morgan fingerprint density at radius 3 is 2.74 bits per heavy atom. The number of rotatable bonds is 3. The number of anilines is 1. The minimum atomic E-state index is -0.563. The second-order valence-electron chi connectivity index (χ2n) is 8.17. The van der Waals surface area contributed by atoms with Gasteiger partial charge >= 0.3 is 0 Å². The summed E-state index contributed by atoms with van der Waals surface area (Å²) in [6.45, 7) is 0.958. The van der Waals surface area contributed by atoms with Crippen molar-refractivity contribution >= 4 is 32.7 Å². The molecular formula is C20H22BrFN4O. The molecule has 0 aromatic carbocycles. The second-order valence-corrected chi connectivity index (χ2v) is 8.96. The van der Waals surface area contributed by atoms with Crippen molar-refractivity contribution in [2.45, 2.75) is 62.8 Å². The standard InChI is InChI=1S/C20H22BrFN4O/c21-19-16-7-15(8-23)27-18(16)9-24-20(19)25-12-1-3-13(4-2-12)26-10-11-5-14(26)6-17(11)22/h7,9,11-14,17H,1-6,10H2,(H,24,25). The SMILES string of the molecule is N#Cc1cc2c(Br)c(NC3CCC(N4CC5CC4CC5F)CC3)ncc2o1. The van der Waals surface area contributed by atoms with E-state index in [0.29, 0.717) is 29.5 Å². The zero-order valence-electron chi connectivity index (χ0n) is 15.0. The fraction of sp³-hybridized carbons (Fsp3) is 0.600. The van der Waals surface area contributed by atoms with Crippen molar-refractivity contribution in [3.63, 3.8) is 0 Å². The minimum absolute atomic E-state index is 0.283. The molecule has 3 heterocycles. The molecule has 2 aromatic rings. The third-order valence-electron chi connectivity index (χ3n) is 6.63. The van der Waals surface area contributed by atoms with E-state index in [1.807, 2.05) is 6.07 Å². The van der Waals surface area contributed by atoms with Gasteiger partial charge in [-0.1, -0.05) is 0 Å². The molecular weight excluding hydrogens is 411 g/mol. The molecule has 0 spiro atoms. The van der Waals surface area contributed by atoms with Crippen molar-refractivity contribution in [2.75, 3.05) is 11.9 Å². The van der Waals surface area contributed by atoms with Crippen LogP contribution < -0.4 is 5.32 Å². The molecule has 5 nitrogen and oxygen atoms in total. The highest BCUT2D eigenvalue weighted by atomic mass is 79.9. The molecule has 0 amide bonds. The van der Waals surface area contributed by atoms with Crippen LogP contribution >= 0.6 is 15.9 Å². The minimum Gasteiger partial charge on any atom is -0.444 e. The zero-order chi connectivity index (χ0) is 18.5. The third kappa shape index (κ3) is 3.03. The third-order valence-corrected chi connectivity index (χ3v) is 7.43. The Kier molecular flexibility index (Phi) is 4.36. The molecule has 2 saturated carbocycles. The maximum Gasteiger partial charge on any atom is 0.204 e. The Labute approximate surface area is 166 Å². The number of alkyl halides is 1. The van der Waals surface area contributed by atoms with E-state index < -0.39 is 6.17 Å². The van der Waals surface area contributed by atoms with E-state index >= 15 is 0 Å². The van der Waals surface area contributed by atoms with E-state index in [2.05, 4.69) is 31.1 Å². The van der Waals surface area contributed by atoms with Gasteiger partial charge in [0.25, 0.3) is 0 Å². The number of furan rings is 1. The second kappa shape index (κ2) is 6.75. The Morgan fingerprint density at radius 2 is 2.07 bits per heavy atom. The molecule has 2 aliphatic carbocycles. The summed E-state index contributed by atoms with van der Waals surface area (Å²) in [7, 11) is 0. The summed E-state index contributed by atoms with van der Waals surface area (Å²) in [4.78, 5) is 7.06.